The molecule has 0 radical (unpaired) electrons. The fourth-order valence-electron chi connectivity index (χ4n) is 1.85. The molecular formula is C14H13ClN2O2S2. The molecule has 2 aromatic carbocycles. The number of thiocarbonyl (C=S) groups is 1. The van der Waals surface area contributed by atoms with Crippen molar-refractivity contribution in [2.24, 2.45) is 5.73 Å². The maximum absolute atomic E-state index is 12.3. The quantitative estimate of drug-likeness (QED) is 0.839. The van der Waals surface area contributed by atoms with E-state index in [1.165, 1.54) is 18.2 Å². The van der Waals surface area contributed by atoms with E-state index in [1.54, 1.807) is 31.2 Å². The van der Waals surface area contributed by atoms with Gasteiger partial charge in [0.1, 0.15) is 4.99 Å². The van der Waals surface area contributed by atoms with Crippen LogP contribution in [0.1, 0.15) is 11.1 Å². The van der Waals surface area contributed by atoms with Gasteiger partial charge in [-0.15, -0.1) is 0 Å². The summed E-state index contributed by atoms with van der Waals surface area (Å²) in [5.74, 6) is 0. The molecule has 0 aromatic heterocycles. The highest BCUT2D eigenvalue weighted by Gasteiger charge is 2.16. The third-order valence-electron chi connectivity index (χ3n) is 2.85. The average molecular weight is 341 g/mol. The molecule has 0 aliphatic carbocycles. The maximum Gasteiger partial charge on any atom is 0.261 e. The summed E-state index contributed by atoms with van der Waals surface area (Å²) >= 11 is 10.7. The van der Waals surface area contributed by atoms with Gasteiger partial charge in [-0.05, 0) is 42.8 Å². The van der Waals surface area contributed by atoms with E-state index in [-0.39, 0.29) is 9.88 Å². The second-order valence-corrected chi connectivity index (χ2v) is 7.02. The summed E-state index contributed by atoms with van der Waals surface area (Å²) in [7, 11) is -3.69. The van der Waals surface area contributed by atoms with E-state index in [9.17, 15) is 8.42 Å². The topological polar surface area (TPSA) is 72.2 Å². The van der Waals surface area contributed by atoms with Gasteiger partial charge >= 0.3 is 0 Å². The Morgan fingerprint density at radius 3 is 2.52 bits per heavy atom. The molecule has 0 heterocycles. The van der Waals surface area contributed by atoms with Crippen molar-refractivity contribution < 1.29 is 8.42 Å². The first-order valence-corrected chi connectivity index (χ1v) is 8.25. The predicted octanol–water partition coefficient (Wildman–Crippen LogP) is 3.08. The molecule has 0 spiro atoms. The van der Waals surface area contributed by atoms with E-state index < -0.39 is 10.0 Å². The van der Waals surface area contributed by atoms with Gasteiger partial charge in [0.25, 0.3) is 10.0 Å². The average Bonchev–Trinajstić information content (AvgIpc) is 2.37. The minimum atomic E-state index is -3.69. The Morgan fingerprint density at radius 2 is 1.95 bits per heavy atom. The Labute approximate surface area is 134 Å². The molecule has 4 nitrogen and oxygen atoms in total. The lowest BCUT2D eigenvalue weighted by Gasteiger charge is -2.10. The molecule has 0 unspecified atom stereocenters. The van der Waals surface area contributed by atoms with Crippen LogP contribution in [-0.2, 0) is 10.0 Å². The number of nitrogens with one attached hydrogen (secondary N) is 1. The summed E-state index contributed by atoms with van der Waals surface area (Å²) in [6.07, 6.45) is 0. The second kappa shape index (κ2) is 6.01. The summed E-state index contributed by atoms with van der Waals surface area (Å²) in [6, 6.07) is 11.1. The Bertz CT molecular complexity index is 804. The Balaban J connectivity index is 2.36. The van der Waals surface area contributed by atoms with Gasteiger partial charge in [0.2, 0.25) is 0 Å². The van der Waals surface area contributed by atoms with Crippen molar-refractivity contribution in [2.75, 3.05) is 4.72 Å². The van der Waals surface area contributed by atoms with Crippen molar-refractivity contribution in [3.8, 4) is 0 Å². The van der Waals surface area contributed by atoms with Crippen molar-refractivity contribution >= 4 is 44.5 Å². The number of hydrogen-bond acceptors (Lipinski definition) is 3. The van der Waals surface area contributed by atoms with Crippen LogP contribution in [0.25, 0.3) is 0 Å². The van der Waals surface area contributed by atoms with Crippen molar-refractivity contribution in [3.05, 3.63) is 58.6 Å². The molecule has 0 aliphatic rings. The van der Waals surface area contributed by atoms with E-state index in [1.807, 2.05) is 0 Å². The van der Waals surface area contributed by atoms with Gasteiger partial charge in [0.15, 0.2) is 0 Å². The molecule has 3 N–H and O–H groups in total. The lowest BCUT2D eigenvalue weighted by Crippen LogP contribution is -2.15. The van der Waals surface area contributed by atoms with Gasteiger partial charge < -0.3 is 5.73 Å². The maximum atomic E-state index is 12.3. The molecule has 2 aromatic rings. The van der Waals surface area contributed by atoms with Crippen LogP contribution in [-0.4, -0.2) is 13.4 Å². The minimum absolute atomic E-state index is 0.139. The number of hydrogen-bond donors (Lipinski definition) is 2. The van der Waals surface area contributed by atoms with Crippen LogP contribution in [0.4, 0.5) is 5.69 Å². The molecule has 0 amide bonds. The first-order valence-electron chi connectivity index (χ1n) is 5.98. The van der Waals surface area contributed by atoms with E-state index in [2.05, 4.69) is 4.72 Å². The zero-order valence-electron chi connectivity index (χ0n) is 11.1. The fraction of sp³-hybridized carbons (Fsp3) is 0.0714. The molecule has 0 aliphatic heterocycles. The Hall–Kier alpha value is -1.63. The third-order valence-corrected chi connectivity index (χ3v) is 4.68. The van der Waals surface area contributed by atoms with E-state index in [4.69, 9.17) is 29.6 Å². The van der Waals surface area contributed by atoms with Crippen LogP contribution in [0.2, 0.25) is 5.02 Å². The molecule has 0 fully saturated rings. The van der Waals surface area contributed by atoms with Crippen LogP contribution in [0, 0.1) is 6.92 Å². The largest absolute Gasteiger partial charge is 0.389 e. The molecule has 2 rings (SSSR count). The summed E-state index contributed by atoms with van der Waals surface area (Å²) in [5.41, 5.74) is 7.33. The third kappa shape index (κ3) is 3.72. The lowest BCUT2D eigenvalue weighted by atomic mass is 10.1. The highest BCUT2D eigenvalue weighted by Crippen LogP contribution is 2.21. The monoisotopic (exact) mass is 340 g/mol. The number of benzene rings is 2. The second-order valence-electron chi connectivity index (χ2n) is 4.46. The van der Waals surface area contributed by atoms with E-state index in [0.717, 1.165) is 0 Å². The summed E-state index contributed by atoms with van der Waals surface area (Å²) in [5, 5.41) is 0.454. The van der Waals surface area contributed by atoms with Gasteiger partial charge in [-0.3, -0.25) is 4.72 Å². The van der Waals surface area contributed by atoms with Crippen molar-refractivity contribution in [2.45, 2.75) is 11.8 Å². The van der Waals surface area contributed by atoms with Crippen molar-refractivity contribution in [1.29, 1.82) is 0 Å². The Morgan fingerprint density at radius 1 is 1.24 bits per heavy atom. The molecule has 21 heavy (non-hydrogen) atoms. The van der Waals surface area contributed by atoms with Crippen LogP contribution < -0.4 is 10.5 Å². The van der Waals surface area contributed by atoms with Gasteiger partial charge in [0.05, 0.1) is 10.6 Å². The molecule has 0 atom stereocenters. The van der Waals surface area contributed by atoms with Crippen molar-refractivity contribution in [1.82, 2.24) is 0 Å². The molecule has 0 saturated heterocycles. The smallest absolute Gasteiger partial charge is 0.261 e. The number of anilines is 1. The van der Waals surface area contributed by atoms with E-state index in [0.29, 0.717) is 21.8 Å². The standard InChI is InChI=1S/C14H13ClN2O2S2/c1-9-7-12(5-6-13(9)14(16)20)21(18,19)17-11-4-2-3-10(15)8-11/h2-8,17H,1H3,(H2,16,20). The zero-order valence-corrected chi connectivity index (χ0v) is 13.5. The van der Waals surface area contributed by atoms with Gasteiger partial charge in [-0.25, -0.2) is 8.42 Å². The van der Waals surface area contributed by atoms with Gasteiger partial charge in [-0.1, -0.05) is 36.0 Å². The highest BCUT2D eigenvalue weighted by molar-refractivity contribution is 7.92. The SMILES string of the molecule is Cc1cc(S(=O)(=O)Nc2cccc(Cl)c2)ccc1C(N)=S. The Kier molecular flexibility index (Phi) is 4.51. The van der Waals surface area contributed by atoms with Crippen molar-refractivity contribution in [3.63, 3.8) is 0 Å². The fourth-order valence-corrected chi connectivity index (χ4v) is 3.40. The summed E-state index contributed by atoms with van der Waals surface area (Å²) < 4.78 is 27.1. The van der Waals surface area contributed by atoms with Gasteiger partial charge in [-0.2, -0.15) is 0 Å². The highest BCUT2D eigenvalue weighted by atomic mass is 35.5. The number of aryl methyl sites for hydroxylation is 1. The van der Waals surface area contributed by atoms with Crippen LogP contribution in [0.5, 0.6) is 0 Å². The van der Waals surface area contributed by atoms with E-state index >= 15 is 0 Å². The molecule has 110 valence electrons. The number of nitrogens with two attached hydrogens (primary N) is 1. The molecule has 7 heteroatoms. The predicted molar refractivity (Wildman–Crippen MR) is 89.3 cm³/mol. The zero-order chi connectivity index (χ0) is 15.6. The summed E-state index contributed by atoms with van der Waals surface area (Å²) in [4.78, 5) is 0.374. The van der Waals surface area contributed by atoms with Crippen LogP contribution >= 0.6 is 23.8 Å². The molecule has 0 bridgehead atoms. The number of sulfonamides is 1. The molecular weight excluding hydrogens is 328 g/mol. The summed E-state index contributed by atoms with van der Waals surface area (Å²) in [6.45, 7) is 1.76. The van der Waals surface area contributed by atoms with Crippen LogP contribution in [0.15, 0.2) is 47.4 Å². The number of halogens is 1. The lowest BCUT2D eigenvalue weighted by molar-refractivity contribution is 0.601. The first-order chi connectivity index (χ1) is 9.79. The normalized spacial score (nSPS) is 11.1. The van der Waals surface area contributed by atoms with Crippen LogP contribution in [0.3, 0.4) is 0 Å². The van der Waals surface area contributed by atoms with Gasteiger partial charge in [0, 0.05) is 10.6 Å². The number of rotatable bonds is 4. The molecule has 0 saturated carbocycles. The first kappa shape index (κ1) is 15.8. The minimum Gasteiger partial charge on any atom is -0.389 e.